The molecule has 0 bridgehead atoms. The van der Waals surface area contributed by atoms with Crippen molar-refractivity contribution in [3.05, 3.63) is 36.7 Å². The van der Waals surface area contributed by atoms with Gasteiger partial charge < -0.3 is 10.1 Å². The zero-order valence-electron chi connectivity index (χ0n) is 13.4. The summed E-state index contributed by atoms with van der Waals surface area (Å²) in [4.78, 5) is 36.3. The van der Waals surface area contributed by atoms with Crippen LogP contribution in [-0.2, 0) is 9.53 Å². The molecule has 1 saturated carbocycles. The van der Waals surface area contributed by atoms with Crippen molar-refractivity contribution in [3.8, 4) is 5.95 Å². The van der Waals surface area contributed by atoms with Crippen molar-refractivity contribution < 1.29 is 14.3 Å². The van der Waals surface area contributed by atoms with E-state index in [-0.39, 0.29) is 23.8 Å². The zero-order chi connectivity index (χ0) is 16.9. The number of imidazole rings is 1. The van der Waals surface area contributed by atoms with Crippen molar-refractivity contribution in [2.45, 2.75) is 31.7 Å². The maximum Gasteiger partial charge on any atom is 0.308 e. The highest BCUT2D eigenvalue weighted by Crippen LogP contribution is 2.25. The molecule has 0 saturated heterocycles. The number of nitrogens with zero attached hydrogens (tertiary/aromatic N) is 4. The Balaban J connectivity index is 1.60. The topological polar surface area (TPSA) is 99.0 Å². The molecule has 0 aliphatic heterocycles. The van der Waals surface area contributed by atoms with E-state index in [9.17, 15) is 9.59 Å². The Morgan fingerprint density at radius 2 is 2.04 bits per heavy atom. The van der Waals surface area contributed by atoms with Gasteiger partial charge in [0, 0.05) is 24.6 Å². The molecule has 1 amide bonds. The molecule has 0 radical (unpaired) electrons. The fourth-order valence-electron chi connectivity index (χ4n) is 2.88. The molecule has 126 valence electrons. The molecule has 1 fully saturated rings. The van der Waals surface area contributed by atoms with Crippen LogP contribution in [0.15, 0.2) is 31.0 Å². The third-order valence-corrected chi connectivity index (χ3v) is 4.21. The molecule has 8 nitrogen and oxygen atoms in total. The fraction of sp³-hybridized carbons (Fsp3) is 0.438. The van der Waals surface area contributed by atoms with Crippen molar-refractivity contribution >= 4 is 11.9 Å². The highest BCUT2D eigenvalue weighted by atomic mass is 16.5. The van der Waals surface area contributed by atoms with Crippen LogP contribution in [-0.4, -0.2) is 44.5 Å². The number of aromatic nitrogens is 4. The minimum absolute atomic E-state index is 0.0464. The largest absolute Gasteiger partial charge is 0.469 e. The van der Waals surface area contributed by atoms with Gasteiger partial charge in [-0.15, -0.1) is 0 Å². The summed E-state index contributed by atoms with van der Waals surface area (Å²) in [5, 5.41) is 2.98. The summed E-state index contributed by atoms with van der Waals surface area (Å²) in [6.45, 7) is 0. The second-order valence-electron chi connectivity index (χ2n) is 5.76. The smallest absolute Gasteiger partial charge is 0.308 e. The monoisotopic (exact) mass is 329 g/mol. The second-order valence-corrected chi connectivity index (χ2v) is 5.76. The van der Waals surface area contributed by atoms with Crippen LogP contribution in [0.5, 0.6) is 0 Å². The minimum atomic E-state index is -0.236. The molecule has 1 N–H and O–H groups in total. The Hall–Kier alpha value is -2.77. The summed E-state index contributed by atoms with van der Waals surface area (Å²) in [5.41, 5.74) is 0.309. The number of carbonyl (C=O) groups excluding carboxylic acids is 2. The van der Waals surface area contributed by atoms with Crippen molar-refractivity contribution in [2.24, 2.45) is 5.92 Å². The van der Waals surface area contributed by atoms with Crippen molar-refractivity contribution in [2.75, 3.05) is 7.11 Å². The number of rotatable bonds is 4. The molecular formula is C16H19N5O3. The van der Waals surface area contributed by atoms with Gasteiger partial charge in [-0.25, -0.2) is 15.0 Å². The third-order valence-electron chi connectivity index (χ3n) is 4.21. The number of nitrogens with one attached hydrogen (secondary N) is 1. The molecule has 2 aromatic heterocycles. The fourth-order valence-corrected chi connectivity index (χ4v) is 2.88. The van der Waals surface area contributed by atoms with E-state index in [1.807, 2.05) is 0 Å². The van der Waals surface area contributed by atoms with Crippen LogP contribution in [0, 0.1) is 5.92 Å². The van der Waals surface area contributed by atoms with Gasteiger partial charge in [0.2, 0.25) is 5.95 Å². The second kappa shape index (κ2) is 7.20. The maximum absolute atomic E-state index is 12.4. The van der Waals surface area contributed by atoms with Crippen LogP contribution in [0.2, 0.25) is 0 Å². The Morgan fingerprint density at radius 1 is 1.25 bits per heavy atom. The van der Waals surface area contributed by atoms with Gasteiger partial charge in [-0.05, 0) is 31.7 Å². The number of amides is 1. The highest BCUT2D eigenvalue weighted by molar-refractivity contribution is 5.92. The minimum Gasteiger partial charge on any atom is -0.469 e. The van der Waals surface area contributed by atoms with E-state index >= 15 is 0 Å². The lowest BCUT2D eigenvalue weighted by molar-refractivity contribution is -0.146. The van der Waals surface area contributed by atoms with Gasteiger partial charge in [0.1, 0.15) is 12.0 Å². The highest BCUT2D eigenvalue weighted by Gasteiger charge is 2.28. The van der Waals surface area contributed by atoms with Crippen LogP contribution in [0.3, 0.4) is 0 Å². The number of carbonyl (C=O) groups is 2. The third kappa shape index (κ3) is 3.58. The summed E-state index contributed by atoms with van der Waals surface area (Å²) in [6.07, 6.45) is 9.41. The molecule has 2 aromatic rings. The molecule has 1 aliphatic carbocycles. The number of hydrogen-bond donors (Lipinski definition) is 1. The Labute approximate surface area is 139 Å². The van der Waals surface area contributed by atoms with E-state index in [4.69, 9.17) is 4.74 Å². The van der Waals surface area contributed by atoms with Crippen LogP contribution in [0.4, 0.5) is 0 Å². The van der Waals surface area contributed by atoms with E-state index in [0.29, 0.717) is 11.6 Å². The molecule has 3 rings (SSSR count). The SMILES string of the molecule is COC(=O)[C@H]1CC[C@H](NC(=O)c2ccnc(-n3ccnc3)n2)CC1. The summed E-state index contributed by atoms with van der Waals surface area (Å²) >= 11 is 0. The van der Waals surface area contributed by atoms with E-state index < -0.39 is 0 Å². The molecule has 0 unspecified atom stereocenters. The first-order valence-electron chi connectivity index (χ1n) is 7.87. The molecule has 0 atom stereocenters. The molecule has 2 heterocycles. The van der Waals surface area contributed by atoms with Gasteiger partial charge in [-0.2, -0.15) is 0 Å². The van der Waals surface area contributed by atoms with Gasteiger partial charge in [0.05, 0.1) is 13.0 Å². The molecule has 0 aromatic carbocycles. The first-order chi connectivity index (χ1) is 11.7. The predicted molar refractivity (Wildman–Crippen MR) is 84.4 cm³/mol. The summed E-state index contributed by atoms with van der Waals surface area (Å²) in [7, 11) is 1.41. The number of hydrogen-bond acceptors (Lipinski definition) is 6. The van der Waals surface area contributed by atoms with E-state index in [1.54, 1.807) is 35.6 Å². The molecule has 0 spiro atoms. The first kappa shape index (κ1) is 16.1. The number of ether oxygens (including phenoxy) is 1. The molecular weight excluding hydrogens is 310 g/mol. The average Bonchev–Trinajstić information content (AvgIpc) is 3.16. The van der Waals surface area contributed by atoms with E-state index in [1.165, 1.54) is 7.11 Å². The van der Waals surface area contributed by atoms with E-state index in [0.717, 1.165) is 25.7 Å². The first-order valence-corrected chi connectivity index (χ1v) is 7.87. The molecule has 8 heteroatoms. The van der Waals surface area contributed by atoms with Crippen molar-refractivity contribution in [1.29, 1.82) is 0 Å². The van der Waals surface area contributed by atoms with Crippen molar-refractivity contribution in [1.82, 2.24) is 24.8 Å². The molecule has 1 aliphatic rings. The zero-order valence-corrected chi connectivity index (χ0v) is 13.4. The van der Waals surface area contributed by atoms with Crippen LogP contribution in [0.1, 0.15) is 36.2 Å². The Kier molecular flexibility index (Phi) is 4.83. The van der Waals surface area contributed by atoms with Gasteiger partial charge in [0.15, 0.2) is 0 Å². The number of esters is 1. The van der Waals surface area contributed by atoms with Crippen LogP contribution >= 0.6 is 0 Å². The van der Waals surface area contributed by atoms with E-state index in [2.05, 4.69) is 20.3 Å². The van der Waals surface area contributed by atoms with Gasteiger partial charge in [-0.3, -0.25) is 14.2 Å². The lowest BCUT2D eigenvalue weighted by Crippen LogP contribution is -2.39. The van der Waals surface area contributed by atoms with Crippen molar-refractivity contribution in [3.63, 3.8) is 0 Å². The summed E-state index contributed by atoms with van der Waals surface area (Å²) < 4.78 is 6.41. The average molecular weight is 329 g/mol. The molecule has 24 heavy (non-hydrogen) atoms. The summed E-state index contributed by atoms with van der Waals surface area (Å²) in [5.74, 6) is -0.0644. The lowest BCUT2D eigenvalue weighted by Gasteiger charge is -2.27. The number of methoxy groups -OCH3 is 1. The predicted octanol–water partition coefficient (Wildman–Crippen LogP) is 1.12. The van der Waals surface area contributed by atoms with Gasteiger partial charge in [0.25, 0.3) is 5.91 Å². The maximum atomic E-state index is 12.4. The van der Waals surface area contributed by atoms with Gasteiger partial charge >= 0.3 is 5.97 Å². The quantitative estimate of drug-likeness (QED) is 0.844. The standard InChI is InChI=1S/C16H19N5O3/c1-24-15(23)11-2-4-12(5-3-11)19-14(22)13-6-7-18-16(20-13)21-9-8-17-10-21/h6-12H,2-5H2,1H3,(H,19,22)/t11-,12-. The van der Waals surface area contributed by atoms with Gasteiger partial charge in [-0.1, -0.05) is 0 Å². The Bertz CT molecular complexity index is 708. The Morgan fingerprint density at radius 3 is 2.71 bits per heavy atom. The van der Waals surface area contributed by atoms with Crippen LogP contribution in [0.25, 0.3) is 5.95 Å². The normalized spacial score (nSPS) is 20.4. The van der Waals surface area contributed by atoms with Crippen LogP contribution < -0.4 is 5.32 Å². The summed E-state index contributed by atoms with van der Waals surface area (Å²) in [6, 6.07) is 1.63. The lowest BCUT2D eigenvalue weighted by atomic mass is 9.86.